The number of hydrogen-bond acceptors (Lipinski definition) is 9. The third-order valence-electron chi connectivity index (χ3n) is 8.19. The van der Waals surface area contributed by atoms with Crippen LogP contribution in [0.15, 0.2) is 30.6 Å². The third kappa shape index (κ3) is 5.53. The van der Waals surface area contributed by atoms with Crippen molar-refractivity contribution in [3.8, 4) is 0 Å². The maximum Gasteiger partial charge on any atom is 0.135 e. The van der Waals surface area contributed by atoms with E-state index >= 15 is 0 Å². The zero-order valence-corrected chi connectivity index (χ0v) is 22.2. The summed E-state index contributed by atoms with van der Waals surface area (Å²) < 4.78 is 0. The average Bonchev–Trinajstić information content (AvgIpc) is 3.22. The molecule has 2 N–H and O–H groups in total. The van der Waals surface area contributed by atoms with Crippen molar-refractivity contribution >= 4 is 23.7 Å². The molecule has 2 fully saturated rings. The second-order valence-corrected chi connectivity index (χ2v) is 10.8. The van der Waals surface area contributed by atoms with E-state index in [1.54, 1.807) is 6.33 Å². The number of anilines is 1. The number of carbonyl (C=O) groups excluding carboxylic acids is 1. The first-order valence-corrected chi connectivity index (χ1v) is 13.7. The van der Waals surface area contributed by atoms with E-state index in [0.29, 0.717) is 18.0 Å². The van der Waals surface area contributed by atoms with Crippen molar-refractivity contribution in [1.82, 2.24) is 24.7 Å². The number of aldehydes is 1. The van der Waals surface area contributed by atoms with Gasteiger partial charge in [-0.1, -0.05) is 30.7 Å². The molecule has 3 heterocycles. The number of hydrogen-bond donors (Lipinski definition) is 2. The monoisotopic (exact) mass is 528 g/mol. The standard InChI is InChI=1S/C27H37ClN6O3/c1-19-16-23(37)25-24(19)26(30-18-29-25)32-10-12-34(13-11-32)27(33-8-6-31(7-9-33)14-15-35)22(17-36)20-2-4-21(28)5-3-20/h2-5,17-19,22-23,27,35,37H,6-16H2,1H3/t19-,22?,23-,27?/m1/s1. The topological polar surface area (TPSA) is 96.3 Å². The van der Waals surface area contributed by atoms with Gasteiger partial charge < -0.3 is 19.9 Å². The SMILES string of the molecule is C[C@@H]1C[C@@H](O)c2ncnc(N3CCN(C(C(C=O)c4ccc(Cl)cc4)N4CCN(CCO)CC4)CC3)c21. The number of aliphatic hydroxyl groups is 2. The molecule has 2 unspecified atom stereocenters. The summed E-state index contributed by atoms with van der Waals surface area (Å²) in [6, 6.07) is 7.63. The van der Waals surface area contributed by atoms with Gasteiger partial charge in [0.05, 0.1) is 30.5 Å². The summed E-state index contributed by atoms with van der Waals surface area (Å²) in [5.41, 5.74) is 2.82. The predicted molar refractivity (Wildman–Crippen MR) is 143 cm³/mol. The third-order valence-corrected chi connectivity index (χ3v) is 8.44. The van der Waals surface area contributed by atoms with Gasteiger partial charge in [-0.3, -0.25) is 14.7 Å². The van der Waals surface area contributed by atoms with Crippen LogP contribution in [0.25, 0.3) is 0 Å². The summed E-state index contributed by atoms with van der Waals surface area (Å²) in [6.45, 7) is 9.59. The quantitative estimate of drug-likeness (QED) is 0.496. The predicted octanol–water partition coefficient (Wildman–Crippen LogP) is 1.71. The summed E-state index contributed by atoms with van der Waals surface area (Å²) in [5, 5.41) is 20.4. The average molecular weight is 529 g/mol. The molecule has 200 valence electrons. The first kappa shape index (κ1) is 26.5. The highest BCUT2D eigenvalue weighted by molar-refractivity contribution is 6.30. The Balaban J connectivity index is 1.36. The van der Waals surface area contributed by atoms with E-state index in [-0.39, 0.29) is 24.6 Å². The fourth-order valence-corrected chi connectivity index (χ4v) is 6.36. The molecule has 5 rings (SSSR count). The lowest BCUT2D eigenvalue weighted by Crippen LogP contribution is -2.62. The van der Waals surface area contributed by atoms with Crippen LogP contribution in [0.4, 0.5) is 5.82 Å². The van der Waals surface area contributed by atoms with Gasteiger partial charge in [-0.15, -0.1) is 0 Å². The Labute approximate surface area is 223 Å². The molecular formula is C27H37ClN6O3. The van der Waals surface area contributed by atoms with Crippen LogP contribution < -0.4 is 4.90 Å². The molecular weight excluding hydrogens is 492 g/mol. The zero-order chi connectivity index (χ0) is 25.9. The first-order chi connectivity index (χ1) is 18.0. The number of benzene rings is 1. The van der Waals surface area contributed by atoms with Crippen molar-refractivity contribution in [2.45, 2.75) is 37.5 Å². The van der Waals surface area contributed by atoms with Crippen LogP contribution in [0.2, 0.25) is 5.02 Å². The fraction of sp³-hybridized carbons (Fsp3) is 0.593. The fourth-order valence-electron chi connectivity index (χ4n) is 6.24. The van der Waals surface area contributed by atoms with Gasteiger partial charge in [-0.25, -0.2) is 9.97 Å². The van der Waals surface area contributed by atoms with Gasteiger partial charge in [0.1, 0.15) is 18.4 Å². The Kier molecular flexibility index (Phi) is 8.38. The molecule has 1 aromatic heterocycles. The second-order valence-electron chi connectivity index (χ2n) is 10.4. The van der Waals surface area contributed by atoms with Crippen molar-refractivity contribution in [3.63, 3.8) is 0 Å². The van der Waals surface area contributed by atoms with Crippen LogP contribution in [-0.2, 0) is 4.79 Å². The normalized spacial score (nSPS) is 25.1. The Morgan fingerprint density at radius 3 is 2.30 bits per heavy atom. The molecule has 4 atom stereocenters. The Bertz CT molecular complexity index is 1060. The van der Waals surface area contributed by atoms with Crippen molar-refractivity contribution in [2.24, 2.45) is 0 Å². The summed E-state index contributed by atoms with van der Waals surface area (Å²) in [4.78, 5) is 31.0. The lowest BCUT2D eigenvalue weighted by atomic mass is 9.94. The van der Waals surface area contributed by atoms with E-state index in [2.05, 4.69) is 36.5 Å². The molecule has 0 radical (unpaired) electrons. The number of carbonyl (C=O) groups is 1. The van der Waals surface area contributed by atoms with Crippen LogP contribution in [0.1, 0.15) is 48.1 Å². The van der Waals surface area contributed by atoms with E-state index in [0.717, 1.165) is 81.3 Å². The van der Waals surface area contributed by atoms with E-state index in [1.165, 1.54) is 0 Å². The number of fused-ring (bicyclic) bond motifs is 1. The van der Waals surface area contributed by atoms with Gasteiger partial charge in [-0.2, -0.15) is 0 Å². The highest BCUT2D eigenvalue weighted by Crippen LogP contribution is 2.43. The maximum absolute atomic E-state index is 12.6. The molecule has 1 aromatic carbocycles. The Morgan fingerprint density at radius 2 is 1.68 bits per heavy atom. The number of aromatic nitrogens is 2. The summed E-state index contributed by atoms with van der Waals surface area (Å²) in [6.07, 6.45) is 2.76. The maximum atomic E-state index is 12.6. The summed E-state index contributed by atoms with van der Waals surface area (Å²) in [5.74, 6) is 0.866. The summed E-state index contributed by atoms with van der Waals surface area (Å²) >= 11 is 6.15. The molecule has 10 heteroatoms. The second kappa shape index (κ2) is 11.7. The van der Waals surface area contributed by atoms with E-state index in [1.807, 2.05) is 24.3 Å². The van der Waals surface area contributed by atoms with Gasteiger partial charge in [0.25, 0.3) is 0 Å². The largest absolute Gasteiger partial charge is 0.395 e. The molecule has 0 bridgehead atoms. The molecule has 9 nitrogen and oxygen atoms in total. The first-order valence-electron chi connectivity index (χ1n) is 13.3. The van der Waals surface area contributed by atoms with Gasteiger partial charge >= 0.3 is 0 Å². The Hall–Kier alpha value is -2.14. The van der Waals surface area contributed by atoms with Gasteiger partial charge in [0.15, 0.2) is 0 Å². The molecule has 2 aliphatic heterocycles. The van der Waals surface area contributed by atoms with E-state index in [4.69, 9.17) is 11.6 Å². The van der Waals surface area contributed by atoms with Crippen LogP contribution in [0, 0.1) is 0 Å². The van der Waals surface area contributed by atoms with Gasteiger partial charge in [-0.05, 0) is 30.0 Å². The van der Waals surface area contributed by atoms with Crippen LogP contribution in [-0.4, -0.2) is 113 Å². The molecule has 37 heavy (non-hydrogen) atoms. The molecule has 3 aliphatic rings. The molecule has 2 saturated heterocycles. The zero-order valence-electron chi connectivity index (χ0n) is 21.4. The van der Waals surface area contributed by atoms with Crippen LogP contribution in [0.5, 0.6) is 0 Å². The summed E-state index contributed by atoms with van der Waals surface area (Å²) in [7, 11) is 0. The number of halogens is 1. The minimum absolute atomic E-state index is 0.0611. The molecule has 0 saturated carbocycles. The molecule has 0 spiro atoms. The number of β-amino-alcohol motifs (C(OH)–C–C–N with tert-alkyl or cyclic N) is 1. The van der Waals surface area contributed by atoms with Crippen LogP contribution in [0.3, 0.4) is 0 Å². The number of aliphatic hydroxyl groups excluding tert-OH is 2. The van der Waals surface area contributed by atoms with Crippen molar-refractivity contribution < 1.29 is 15.0 Å². The minimum atomic E-state index is -0.519. The minimum Gasteiger partial charge on any atom is -0.395 e. The van der Waals surface area contributed by atoms with Gasteiger partial charge in [0, 0.05) is 69.5 Å². The lowest BCUT2D eigenvalue weighted by Gasteiger charge is -2.48. The highest BCUT2D eigenvalue weighted by Gasteiger charge is 2.38. The van der Waals surface area contributed by atoms with E-state index < -0.39 is 6.10 Å². The van der Waals surface area contributed by atoms with Crippen LogP contribution >= 0.6 is 11.6 Å². The molecule has 2 aromatic rings. The lowest BCUT2D eigenvalue weighted by molar-refractivity contribution is -0.113. The number of rotatable bonds is 8. The highest BCUT2D eigenvalue weighted by atomic mass is 35.5. The Morgan fingerprint density at radius 1 is 1.03 bits per heavy atom. The van der Waals surface area contributed by atoms with Crippen molar-refractivity contribution in [1.29, 1.82) is 0 Å². The smallest absolute Gasteiger partial charge is 0.135 e. The van der Waals surface area contributed by atoms with Crippen molar-refractivity contribution in [2.75, 3.05) is 70.4 Å². The van der Waals surface area contributed by atoms with Crippen molar-refractivity contribution in [3.05, 3.63) is 52.4 Å². The van der Waals surface area contributed by atoms with Gasteiger partial charge in [0.2, 0.25) is 0 Å². The molecule has 0 amide bonds. The molecule has 1 aliphatic carbocycles. The van der Waals surface area contributed by atoms with E-state index in [9.17, 15) is 15.0 Å². The number of nitrogens with zero attached hydrogens (tertiary/aromatic N) is 6. The number of piperazine rings is 2.